The Balaban J connectivity index is 1.39. The highest BCUT2D eigenvalue weighted by molar-refractivity contribution is 5.63. The van der Waals surface area contributed by atoms with Crippen molar-refractivity contribution in [3.63, 3.8) is 0 Å². The minimum absolute atomic E-state index is 0.774. The van der Waals surface area contributed by atoms with Gasteiger partial charge in [0.2, 0.25) is 0 Å². The van der Waals surface area contributed by atoms with E-state index in [4.69, 9.17) is 4.74 Å². The summed E-state index contributed by atoms with van der Waals surface area (Å²) in [7, 11) is 0. The fourth-order valence-electron chi connectivity index (χ4n) is 4.32. The number of aromatic amines is 1. The van der Waals surface area contributed by atoms with E-state index in [1.165, 1.54) is 54.9 Å². The molecule has 2 aliphatic rings. The number of nitrogens with one attached hydrogen (secondary N) is 1. The third-order valence-corrected chi connectivity index (χ3v) is 5.64. The smallest absolute Gasteiger partial charge is 0.0695 e. The molecule has 5 nitrogen and oxygen atoms in total. The summed E-state index contributed by atoms with van der Waals surface area (Å²) in [6.45, 7) is 10.7. The van der Waals surface area contributed by atoms with Gasteiger partial charge < -0.3 is 4.74 Å². The van der Waals surface area contributed by atoms with Crippen LogP contribution >= 0.6 is 0 Å². The maximum atomic E-state index is 5.48. The molecular weight excluding hydrogens is 324 g/mol. The summed E-state index contributed by atoms with van der Waals surface area (Å²) in [5.41, 5.74) is 5.00. The summed E-state index contributed by atoms with van der Waals surface area (Å²) in [5, 5.41) is 7.55. The number of nitrogens with zero attached hydrogens (tertiary/aromatic N) is 3. The molecule has 2 saturated heterocycles. The van der Waals surface area contributed by atoms with Crippen LogP contribution in [0.4, 0.5) is 0 Å². The van der Waals surface area contributed by atoms with Gasteiger partial charge in [-0.1, -0.05) is 23.8 Å². The lowest BCUT2D eigenvalue weighted by molar-refractivity contribution is 0.0224. The Kier molecular flexibility index (Phi) is 5.68. The average Bonchev–Trinajstić information content (AvgIpc) is 3.11. The van der Waals surface area contributed by atoms with Crippen molar-refractivity contribution in [2.75, 3.05) is 45.9 Å². The fraction of sp³-hybridized carbons (Fsp3) is 0.571. The maximum absolute atomic E-state index is 5.48. The lowest BCUT2D eigenvalue weighted by Crippen LogP contribution is -2.44. The highest BCUT2D eigenvalue weighted by atomic mass is 16.5. The summed E-state index contributed by atoms with van der Waals surface area (Å²) >= 11 is 0. The van der Waals surface area contributed by atoms with Gasteiger partial charge in [0.15, 0.2) is 0 Å². The predicted octanol–water partition coefficient (Wildman–Crippen LogP) is 2.93. The Labute approximate surface area is 156 Å². The van der Waals surface area contributed by atoms with E-state index in [2.05, 4.69) is 51.2 Å². The molecule has 1 aromatic carbocycles. The highest BCUT2D eigenvalue weighted by Crippen LogP contribution is 2.25. The number of piperidine rings is 1. The van der Waals surface area contributed by atoms with E-state index in [0.29, 0.717) is 0 Å². The third-order valence-electron chi connectivity index (χ3n) is 5.64. The van der Waals surface area contributed by atoms with Crippen LogP contribution in [0.2, 0.25) is 0 Å². The molecule has 2 aliphatic heterocycles. The zero-order chi connectivity index (χ0) is 17.8. The Morgan fingerprint density at radius 2 is 2.08 bits per heavy atom. The average molecular weight is 354 g/mol. The van der Waals surface area contributed by atoms with Gasteiger partial charge >= 0.3 is 0 Å². The number of benzene rings is 1. The predicted molar refractivity (Wildman–Crippen MR) is 104 cm³/mol. The quantitative estimate of drug-likeness (QED) is 0.897. The molecule has 2 aromatic rings. The first-order chi connectivity index (χ1) is 12.8. The maximum Gasteiger partial charge on any atom is 0.0695 e. The molecule has 0 spiro atoms. The Bertz CT molecular complexity index is 708. The third kappa shape index (κ3) is 4.34. The van der Waals surface area contributed by atoms with Crippen LogP contribution in [0.3, 0.4) is 0 Å². The number of rotatable bonds is 5. The Morgan fingerprint density at radius 1 is 1.19 bits per heavy atom. The molecule has 0 radical (unpaired) electrons. The van der Waals surface area contributed by atoms with Gasteiger partial charge in [-0.25, -0.2) is 0 Å². The van der Waals surface area contributed by atoms with Crippen molar-refractivity contribution < 1.29 is 4.74 Å². The van der Waals surface area contributed by atoms with E-state index in [-0.39, 0.29) is 0 Å². The lowest BCUT2D eigenvalue weighted by atomic mass is 9.96. The van der Waals surface area contributed by atoms with Gasteiger partial charge in [0.1, 0.15) is 0 Å². The first-order valence-corrected chi connectivity index (χ1v) is 9.89. The Hall–Kier alpha value is -1.69. The van der Waals surface area contributed by atoms with Crippen LogP contribution in [-0.4, -0.2) is 65.9 Å². The topological polar surface area (TPSA) is 44.4 Å². The van der Waals surface area contributed by atoms with Crippen molar-refractivity contribution in [2.24, 2.45) is 5.92 Å². The van der Waals surface area contributed by atoms with Gasteiger partial charge in [0.25, 0.3) is 0 Å². The number of aryl methyl sites for hydroxylation is 1. The molecular formula is C21H30N4O. The number of hydrogen-bond acceptors (Lipinski definition) is 4. The summed E-state index contributed by atoms with van der Waals surface area (Å²) in [6.07, 6.45) is 4.65. The summed E-state index contributed by atoms with van der Waals surface area (Å²) in [5.74, 6) is 0.774. The second kappa shape index (κ2) is 8.33. The van der Waals surface area contributed by atoms with Crippen molar-refractivity contribution in [3.8, 4) is 11.3 Å². The second-order valence-electron chi connectivity index (χ2n) is 7.80. The van der Waals surface area contributed by atoms with Crippen LogP contribution in [0.1, 0.15) is 24.0 Å². The van der Waals surface area contributed by atoms with E-state index < -0.39 is 0 Å². The summed E-state index contributed by atoms with van der Waals surface area (Å²) in [6, 6.07) is 8.66. The number of hydrogen-bond donors (Lipinski definition) is 1. The van der Waals surface area contributed by atoms with Crippen LogP contribution in [0.5, 0.6) is 0 Å². The highest BCUT2D eigenvalue weighted by Gasteiger charge is 2.24. The second-order valence-corrected chi connectivity index (χ2v) is 7.80. The molecule has 0 unspecified atom stereocenters. The van der Waals surface area contributed by atoms with Crippen molar-refractivity contribution in [3.05, 3.63) is 41.6 Å². The molecule has 26 heavy (non-hydrogen) atoms. The van der Waals surface area contributed by atoms with Gasteiger partial charge in [-0.15, -0.1) is 0 Å². The van der Waals surface area contributed by atoms with Crippen LogP contribution in [0.25, 0.3) is 11.3 Å². The van der Waals surface area contributed by atoms with Gasteiger partial charge in [-0.2, -0.15) is 5.10 Å². The molecule has 5 heteroatoms. The molecule has 1 atom stereocenters. The first-order valence-electron chi connectivity index (χ1n) is 9.89. The molecule has 0 amide bonds. The molecule has 0 bridgehead atoms. The fourth-order valence-corrected chi connectivity index (χ4v) is 4.32. The monoisotopic (exact) mass is 354 g/mol. The SMILES string of the molecule is Cc1cccc(-c2[nH]ncc2CN2CCC[C@H](CN3CCOCC3)C2)c1. The normalized spacial score (nSPS) is 22.6. The van der Waals surface area contributed by atoms with E-state index in [9.17, 15) is 0 Å². The lowest BCUT2D eigenvalue weighted by Gasteiger charge is -2.36. The summed E-state index contributed by atoms with van der Waals surface area (Å²) < 4.78 is 5.48. The van der Waals surface area contributed by atoms with Crippen LogP contribution in [0.15, 0.2) is 30.5 Å². The van der Waals surface area contributed by atoms with E-state index in [0.717, 1.165) is 38.8 Å². The molecule has 3 heterocycles. The largest absolute Gasteiger partial charge is 0.379 e. The number of H-pyrrole nitrogens is 1. The van der Waals surface area contributed by atoms with Crippen LogP contribution in [0, 0.1) is 12.8 Å². The van der Waals surface area contributed by atoms with Crippen LogP contribution in [-0.2, 0) is 11.3 Å². The number of aromatic nitrogens is 2. The minimum Gasteiger partial charge on any atom is -0.379 e. The zero-order valence-electron chi connectivity index (χ0n) is 15.8. The van der Waals surface area contributed by atoms with E-state index in [1.54, 1.807) is 0 Å². The number of likely N-dealkylation sites (tertiary alicyclic amines) is 1. The van der Waals surface area contributed by atoms with Gasteiger partial charge in [0.05, 0.1) is 25.1 Å². The van der Waals surface area contributed by atoms with Crippen molar-refractivity contribution in [2.45, 2.75) is 26.3 Å². The number of morpholine rings is 1. The molecule has 1 N–H and O–H groups in total. The molecule has 140 valence electrons. The summed E-state index contributed by atoms with van der Waals surface area (Å²) in [4.78, 5) is 5.19. The standard InChI is InChI=1S/C21H30N4O/c1-17-4-2-6-19(12-17)21-20(13-22-23-21)16-25-7-3-5-18(15-25)14-24-8-10-26-11-9-24/h2,4,6,12-13,18H,3,5,7-11,14-16H2,1H3,(H,22,23)/t18-/m1/s1. The minimum atomic E-state index is 0.774. The Morgan fingerprint density at radius 3 is 2.92 bits per heavy atom. The zero-order valence-corrected chi connectivity index (χ0v) is 15.8. The molecule has 2 fully saturated rings. The van der Waals surface area contributed by atoms with Crippen molar-refractivity contribution in [1.29, 1.82) is 0 Å². The molecule has 0 aliphatic carbocycles. The van der Waals surface area contributed by atoms with Crippen molar-refractivity contribution in [1.82, 2.24) is 20.0 Å². The molecule has 4 rings (SSSR count). The van der Waals surface area contributed by atoms with Crippen molar-refractivity contribution >= 4 is 0 Å². The molecule has 1 aromatic heterocycles. The number of ether oxygens (including phenoxy) is 1. The first kappa shape index (κ1) is 17.7. The van der Waals surface area contributed by atoms with E-state index >= 15 is 0 Å². The van der Waals surface area contributed by atoms with Gasteiger partial charge in [-0.3, -0.25) is 14.9 Å². The van der Waals surface area contributed by atoms with Gasteiger partial charge in [-0.05, 0) is 38.3 Å². The van der Waals surface area contributed by atoms with Crippen LogP contribution < -0.4 is 0 Å². The van der Waals surface area contributed by atoms with E-state index in [1.807, 2.05) is 6.20 Å². The van der Waals surface area contributed by atoms with Gasteiger partial charge in [0, 0.05) is 43.9 Å². The molecule has 0 saturated carbocycles.